The Bertz CT molecular complexity index is 418. The van der Waals surface area contributed by atoms with Gasteiger partial charge in [0.2, 0.25) is 0 Å². The van der Waals surface area contributed by atoms with Crippen LogP contribution in [0.25, 0.3) is 0 Å². The normalized spacial score (nSPS) is 23.5. The number of hydrogen-bond acceptors (Lipinski definition) is 2. The molecule has 2 fully saturated rings. The van der Waals surface area contributed by atoms with Crippen LogP contribution in [0.15, 0.2) is 24.3 Å². The summed E-state index contributed by atoms with van der Waals surface area (Å²) in [5.74, 6) is 0.747. The maximum absolute atomic E-state index is 10.4. The molecule has 1 aromatic carbocycles. The molecular weight excluding hydrogens is 246 g/mol. The number of aliphatic hydroxyl groups excluding tert-OH is 1. The van der Waals surface area contributed by atoms with Gasteiger partial charge in [0.1, 0.15) is 0 Å². The van der Waals surface area contributed by atoms with Crippen LogP contribution in [0.3, 0.4) is 0 Å². The lowest BCUT2D eigenvalue weighted by Crippen LogP contribution is -2.33. The molecule has 2 heteroatoms. The second-order valence-electron chi connectivity index (χ2n) is 6.68. The molecule has 2 aliphatic rings. The molecule has 0 radical (unpaired) electrons. The Morgan fingerprint density at radius 2 is 1.65 bits per heavy atom. The van der Waals surface area contributed by atoms with Crippen LogP contribution in [-0.2, 0) is 0 Å². The monoisotopic (exact) mass is 273 g/mol. The van der Waals surface area contributed by atoms with Crippen LogP contribution in [0.5, 0.6) is 0 Å². The lowest BCUT2D eigenvalue weighted by Gasteiger charge is -2.24. The molecule has 0 heterocycles. The first-order chi connectivity index (χ1) is 9.74. The summed E-state index contributed by atoms with van der Waals surface area (Å²) in [6, 6.07) is 9.50. The Morgan fingerprint density at radius 3 is 2.25 bits per heavy atom. The van der Waals surface area contributed by atoms with Gasteiger partial charge in [-0.2, -0.15) is 0 Å². The summed E-state index contributed by atoms with van der Waals surface area (Å²) in [5, 5.41) is 13.9. The average Bonchev–Trinajstić information content (AvgIpc) is 3.31. The van der Waals surface area contributed by atoms with Gasteiger partial charge in [-0.3, -0.25) is 0 Å². The molecule has 2 unspecified atom stereocenters. The van der Waals surface area contributed by atoms with E-state index in [4.69, 9.17) is 0 Å². The molecule has 0 bridgehead atoms. The summed E-state index contributed by atoms with van der Waals surface area (Å²) in [7, 11) is 0. The van der Waals surface area contributed by atoms with E-state index in [1.54, 1.807) is 0 Å². The van der Waals surface area contributed by atoms with Crippen LogP contribution in [0.4, 0.5) is 0 Å². The predicted octanol–water partition coefficient (Wildman–Crippen LogP) is 3.91. The fourth-order valence-corrected chi connectivity index (χ4v) is 3.40. The highest BCUT2D eigenvalue weighted by Crippen LogP contribution is 2.33. The Hall–Kier alpha value is -0.860. The van der Waals surface area contributed by atoms with E-state index in [1.165, 1.54) is 50.5 Å². The Morgan fingerprint density at radius 1 is 1.00 bits per heavy atom. The molecular formula is C18H27NO. The number of aliphatic hydroxyl groups is 1. The van der Waals surface area contributed by atoms with Crippen LogP contribution < -0.4 is 5.32 Å². The molecule has 2 atom stereocenters. The molecule has 0 spiro atoms. The van der Waals surface area contributed by atoms with Crippen molar-refractivity contribution in [3.05, 3.63) is 35.4 Å². The van der Waals surface area contributed by atoms with E-state index < -0.39 is 6.10 Å². The van der Waals surface area contributed by atoms with Gasteiger partial charge in [0.15, 0.2) is 0 Å². The van der Waals surface area contributed by atoms with Crippen molar-refractivity contribution in [1.29, 1.82) is 0 Å². The summed E-state index contributed by atoms with van der Waals surface area (Å²) < 4.78 is 0. The summed E-state index contributed by atoms with van der Waals surface area (Å²) in [6.07, 6.45) is 8.95. The van der Waals surface area contributed by atoms with E-state index in [9.17, 15) is 5.11 Å². The van der Waals surface area contributed by atoms with Gasteiger partial charge in [0, 0.05) is 12.1 Å². The molecule has 110 valence electrons. The summed E-state index contributed by atoms with van der Waals surface area (Å²) in [6.45, 7) is 2.08. The lowest BCUT2D eigenvalue weighted by atomic mass is 9.83. The minimum Gasteiger partial charge on any atom is -0.387 e. The van der Waals surface area contributed by atoms with Crippen molar-refractivity contribution in [2.75, 3.05) is 0 Å². The van der Waals surface area contributed by atoms with E-state index in [0.29, 0.717) is 6.04 Å². The molecule has 2 saturated carbocycles. The van der Waals surface area contributed by atoms with Gasteiger partial charge in [-0.15, -0.1) is 0 Å². The third kappa shape index (κ3) is 3.42. The van der Waals surface area contributed by atoms with Crippen molar-refractivity contribution >= 4 is 0 Å². The molecule has 20 heavy (non-hydrogen) atoms. The van der Waals surface area contributed by atoms with Crippen LogP contribution >= 0.6 is 0 Å². The van der Waals surface area contributed by atoms with Crippen LogP contribution in [0.1, 0.15) is 75.0 Å². The van der Waals surface area contributed by atoms with Gasteiger partial charge < -0.3 is 10.4 Å². The van der Waals surface area contributed by atoms with Crippen molar-refractivity contribution in [3.8, 4) is 0 Å². The van der Waals surface area contributed by atoms with Crippen LogP contribution in [0.2, 0.25) is 0 Å². The van der Waals surface area contributed by atoms with E-state index in [-0.39, 0.29) is 6.04 Å². The fourth-order valence-electron chi connectivity index (χ4n) is 3.40. The quantitative estimate of drug-likeness (QED) is 0.852. The first-order valence-electron chi connectivity index (χ1n) is 8.28. The minimum absolute atomic E-state index is 0.142. The second kappa shape index (κ2) is 6.28. The van der Waals surface area contributed by atoms with Crippen LogP contribution in [0, 0.1) is 0 Å². The summed E-state index contributed by atoms with van der Waals surface area (Å²) >= 11 is 0. The van der Waals surface area contributed by atoms with Gasteiger partial charge in [-0.25, -0.2) is 0 Å². The van der Waals surface area contributed by atoms with E-state index >= 15 is 0 Å². The zero-order valence-corrected chi connectivity index (χ0v) is 12.5. The SMILES string of the molecule is CC(NC1CC1)C(O)c1ccc(C2CCCCC2)cc1. The highest BCUT2D eigenvalue weighted by Gasteiger charge is 2.26. The molecule has 0 amide bonds. The first-order valence-corrected chi connectivity index (χ1v) is 8.28. The number of hydrogen-bond donors (Lipinski definition) is 2. The molecule has 2 N–H and O–H groups in total. The maximum atomic E-state index is 10.4. The van der Waals surface area contributed by atoms with E-state index in [0.717, 1.165) is 11.5 Å². The molecule has 2 nitrogen and oxygen atoms in total. The number of rotatable bonds is 5. The third-order valence-electron chi connectivity index (χ3n) is 4.90. The van der Waals surface area contributed by atoms with Crippen molar-refractivity contribution in [3.63, 3.8) is 0 Å². The standard InChI is InChI=1S/C18H27NO/c1-13(19-17-11-12-17)18(20)16-9-7-15(8-10-16)14-5-3-2-4-6-14/h7-10,13-14,17-20H,2-6,11-12H2,1H3. The number of benzene rings is 1. The number of nitrogens with one attached hydrogen (secondary N) is 1. The zero-order chi connectivity index (χ0) is 13.9. The Kier molecular flexibility index (Phi) is 4.42. The largest absolute Gasteiger partial charge is 0.387 e. The minimum atomic E-state index is -0.393. The molecule has 3 rings (SSSR count). The van der Waals surface area contributed by atoms with Crippen LogP contribution in [-0.4, -0.2) is 17.2 Å². The Balaban J connectivity index is 1.62. The smallest absolute Gasteiger partial charge is 0.0940 e. The van der Waals surface area contributed by atoms with Gasteiger partial charge in [-0.05, 0) is 49.7 Å². The summed E-state index contributed by atoms with van der Waals surface area (Å²) in [5.41, 5.74) is 2.51. The molecule has 0 aliphatic heterocycles. The Labute approximate surface area is 122 Å². The molecule has 0 saturated heterocycles. The molecule has 1 aromatic rings. The van der Waals surface area contributed by atoms with Crippen molar-refractivity contribution in [2.45, 2.75) is 76.0 Å². The van der Waals surface area contributed by atoms with Gasteiger partial charge >= 0.3 is 0 Å². The van der Waals surface area contributed by atoms with Crippen molar-refractivity contribution in [1.82, 2.24) is 5.32 Å². The van der Waals surface area contributed by atoms with Gasteiger partial charge in [0.25, 0.3) is 0 Å². The molecule has 0 aromatic heterocycles. The maximum Gasteiger partial charge on any atom is 0.0940 e. The second-order valence-corrected chi connectivity index (χ2v) is 6.68. The van der Waals surface area contributed by atoms with Gasteiger partial charge in [0.05, 0.1) is 6.10 Å². The van der Waals surface area contributed by atoms with Gasteiger partial charge in [-0.1, -0.05) is 43.5 Å². The highest BCUT2D eigenvalue weighted by molar-refractivity contribution is 5.27. The topological polar surface area (TPSA) is 32.3 Å². The average molecular weight is 273 g/mol. The van der Waals surface area contributed by atoms with Crippen molar-refractivity contribution < 1.29 is 5.11 Å². The fraction of sp³-hybridized carbons (Fsp3) is 0.667. The first kappa shape index (κ1) is 14.1. The highest BCUT2D eigenvalue weighted by atomic mass is 16.3. The predicted molar refractivity (Wildman–Crippen MR) is 82.8 cm³/mol. The van der Waals surface area contributed by atoms with Crippen molar-refractivity contribution in [2.24, 2.45) is 0 Å². The lowest BCUT2D eigenvalue weighted by molar-refractivity contribution is 0.135. The zero-order valence-electron chi connectivity index (χ0n) is 12.5. The van der Waals surface area contributed by atoms with E-state index in [1.807, 2.05) is 0 Å². The van der Waals surface area contributed by atoms with E-state index in [2.05, 4.69) is 36.5 Å². The summed E-state index contributed by atoms with van der Waals surface area (Å²) in [4.78, 5) is 0. The molecule has 2 aliphatic carbocycles. The third-order valence-corrected chi connectivity index (χ3v) is 4.90.